The number of hydrogen-bond acceptors (Lipinski definition) is 2. The molecule has 1 rings (SSSR count). The van der Waals surface area contributed by atoms with Gasteiger partial charge in [0, 0.05) is 19.1 Å². The van der Waals surface area contributed by atoms with Crippen molar-refractivity contribution in [3.05, 3.63) is 0 Å². The molecule has 2 heteroatoms. The minimum absolute atomic E-state index is 0.786. The fourth-order valence-corrected chi connectivity index (χ4v) is 2.84. The van der Waals surface area contributed by atoms with Crippen LogP contribution in [0.5, 0.6) is 0 Å². The van der Waals surface area contributed by atoms with E-state index in [1.54, 1.807) is 0 Å². The maximum absolute atomic E-state index is 3.77. The average Bonchev–Trinajstić information content (AvgIpc) is 2.35. The Kier molecular flexibility index (Phi) is 7.87. The maximum Gasteiger partial charge on any atom is 0.0107 e. The maximum atomic E-state index is 3.77. The van der Waals surface area contributed by atoms with E-state index in [-0.39, 0.29) is 0 Å². The van der Waals surface area contributed by atoms with Gasteiger partial charge in [-0.1, -0.05) is 40.0 Å². The molecule has 0 heterocycles. The highest BCUT2D eigenvalue weighted by Gasteiger charge is 2.20. The lowest BCUT2D eigenvalue weighted by molar-refractivity contribution is 0.245. The second-order valence-electron chi connectivity index (χ2n) is 5.61. The standard InChI is InChI=1S/C15H32N2/c1-4-6-12-17(5-2)13-11-16-15-10-8-7-9-14(15)3/h14-16H,4-13H2,1-3H3. The molecule has 0 radical (unpaired) electrons. The molecule has 0 aromatic carbocycles. The van der Waals surface area contributed by atoms with Gasteiger partial charge in [-0.15, -0.1) is 0 Å². The van der Waals surface area contributed by atoms with Gasteiger partial charge in [0.2, 0.25) is 0 Å². The van der Waals surface area contributed by atoms with Crippen LogP contribution in [0, 0.1) is 5.92 Å². The Morgan fingerprint density at radius 2 is 1.88 bits per heavy atom. The van der Waals surface area contributed by atoms with Crippen LogP contribution in [0.1, 0.15) is 59.3 Å². The molecule has 0 amide bonds. The lowest BCUT2D eigenvalue weighted by atomic mass is 9.86. The van der Waals surface area contributed by atoms with Crippen LogP contribution in [-0.4, -0.2) is 37.1 Å². The summed E-state index contributed by atoms with van der Waals surface area (Å²) in [5.41, 5.74) is 0. The van der Waals surface area contributed by atoms with E-state index in [4.69, 9.17) is 0 Å². The van der Waals surface area contributed by atoms with Crippen LogP contribution in [0.4, 0.5) is 0 Å². The van der Waals surface area contributed by atoms with Gasteiger partial charge in [-0.05, 0) is 38.3 Å². The Labute approximate surface area is 108 Å². The Bertz CT molecular complexity index is 182. The zero-order valence-electron chi connectivity index (χ0n) is 12.2. The summed E-state index contributed by atoms with van der Waals surface area (Å²) in [5, 5.41) is 3.77. The zero-order valence-corrected chi connectivity index (χ0v) is 12.2. The van der Waals surface area contributed by atoms with Crippen LogP contribution >= 0.6 is 0 Å². The predicted molar refractivity (Wildman–Crippen MR) is 76.4 cm³/mol. The van der Waals surface area contributed by atoms with Gasteiger partial charge in [0.1, 0.15) is 0 Å². The van der Waals surface area contributed by atoms with E-state index in [9.17, 15) is 0 Å². The van der Waals surface area contributed by atoms with Crippen molar-refractivity contribution in [2.24, 2.45) is 5.92 Å². The molecule has 2 atom stereocenters. The largest absolute Gasteiger partial charge is 0.312 e. The van der Waals surface area contributed by atoms with Crippen molar-refractivity contribution in [2.45, 2.75) is 65.3 Å². The second kappa shape index (κ2) is 8.93. The molecule has 2 nitrogen and oxygen atoms in total. The monoisotopic (exact) mass is 240 g/mol. The summed E-state index contributed by atoms with van der Waals surface area (Å²) in [6, 6.07) is 0.786. The molecule has 0 aromatic heterocycles. The van der Waals surface area contributed by atoms with E-state index in [2.05, 4.69) is 31.0 Å². The molecule has 17 heavy (non-hydrogen) atoms. The quantitative estimate of drug-likeness (QED) is 0.700. The summed E-state index contributed by atoms with van der Waals surface area (Å²) < 4.78 is 0. The fourth-order valence-electron chi connectivity index (χ4n) is 2.84. The van der Waals surface area contributed by atoms with Crippen LogP contribution in [0.3, 0.4) is 0 Å². The average molecular weight is 240 g/mol. The summed E-state index contributed by atoms with van der Waals surface area (Å²) in [5.74, 6) is 0.884. The summed E-state index contributed by atoms with van der Waals surface area (Å²) >= 11 is 0. The van der Waals surface area contributed by atoms with Crippen molar-refractivity contribution in [3.63, 3.8) is 0 Å². The van der Waals surface area contributed by atoms with Crippen molar-refractivity contribution in [2.75, 3.05) is 26.2 Å². The van der Waals surface area contributed by atoms with E-state index < -0.39 is 0 Å². The Balaban J connectivity index is 2.12. The summed E-state index contributed by atoms with van der Waals surface area (Å²) in [6.07, 6.45) is 8.33. The third-order valence-corrected chi connectivity index (χ3v) is 4.22. The van der Waals surface area contributed by atoms with Crippen molar-refractivity contribution < 1.29 is 0 Å². The number of rotatable bonds is 8. The summed E-state index contributed by atoms with van der Waals surface area (Å²) in [6.45, 7) is 11.8. The van der Waals surface area contributed by atoms with Crippen molar-refractivity contribution in [3.8, 4) is 0 Å². The molecule has 102 valence electrons. The third kappa shape index (κ3) is 5.87. The minimum Gasteiger partial charge on any atom is -0.312 e. The van der Waals surface area contributed by atoms with Crippen molar-refractivity contribution in [1.29, 1.82) is 0 Å². The van der Waals surface area contributed by atoms with Gasteiger partial charge in [-0.2, -0.15) is 0 Å². The first-order valence-electron chi connectivity index (χ1n) is 7.73. The van der Waals surface area contributed by atoms with Gasteiger partial charge >= 0.3 is 0 Å². The highest BCUT2D eigenvalue weighted by atomic mass is 15.1. The first-order chi connectivity index (χ1) is 8.27. The number of unbranched alkanes of at least 4 members (excludes halogenated alkanes) is 1. The molecule has 1 aliphatic carbocycles. The molecule has 0 saturated heterocycles. The molecular formula is C15H32N2. The highest BCUT2D eigenvalue weighted by molar-refractivity contribution is 4.78. The third-order valence-electron chi connectivity index (χ3n) is 4.22. The second-order valence-corrected chi connectivity index (χ2v) is 5.61. The van der Waals surface area contributed by atoms with Crippen LogP contribution in [0.25, 0.3) is 0 Å². The molecule has 0 aliphatic heterocycles. The van der Waals surface area contributed by atoms with Crippen LogP contribution in [0.15, 0.2) is 0 Å². The highest BCUT2D eigenvalue weighted by Crippen LogP contribution is 2.23. The Morgan fingerprint density at radius 3 is 2.53 bits per heavy atom. The Morgan fingerprint density at radius 1 is 1.12 bits per heavy atom. The number of likely N-dealkylation sites (N-methyl/N-ethyl adjacent to an activating group) is 1. The smallest absolute Gasteiger partial charge is 0.0107 e. The lowest BCUT2D eigenvalue weighted by Gasteiger charge is -2.30. The zero-order chi connectivity index (χ0) is 12.5. The van der Waals surface area contributed by atoms with Gasteiger partial charge in [0.05, 0.1) is 0 Å². The summed E-state index contributed by atoms with van der Waals surface area (Å²) in [7, 11) is 0. The number of hydrogen-bond donors (Lipinski definition) is 1. The molecule has 1 N–H and O–H groups in total. The van der Waals surface area contributed by atoms with Crippen LogP contribution in [0.2, 0.25) is 0 Å². The van der Waals surface area contributed by atoms with Gasteiger partial charge < -0.3 is 10.2 Å². The number of nitrogens with one attached hydrogen (secondary N) is 1. The molecule has 0 spiro atoms. The van der Waals surface area contributed by atoms with E-state index >= 15 is 0 Å². The Hall–Kier alpha value is -0.0800. The van der Waals surface area contributed by atoms with Crippen molar-refractivity contribution in [1.82, 2.24) is 10.2 Å². The van der Waals surface area contributed by atoms with Gasteiger partial charge in [0.25, 0.3) is 0 Å². The molecule has 0 bridgehead atoms. The predicted octanol–water partition coefficient (Wildman–Crippen LogP) is 3.28. The summed E-state index contributed by atoms with van der Waals surface area (Å²) in [4.78, 5) is 2.57. The first kappa shape index (κ1) is 15.0. The molecule has 1 fully saturated rings. The topological polar surface area (TPSA) is 15.3 Å². The normalized spacial score (nSPS) is 25.4. The van der Waals surface area contributed by atoms with E-state index in [0.717, 1.165) is 12.0 Å². The van der Waals surface area contributed by atoms with Gasteiger partial charge in [-0.25, -0.2) is 0 Å². The SMILES string of the molecule is CCCCN(CC)CCNC1CCCCC1C. The van der Waals surface area contributed by atoms with Crippen LogP contribution < -0.4 is 5.32 Å². The number of nitrogens with zero attached hydrogens (tertiary/aromatic N) is 1. The molecule has 1 saturated carbocycles. The van der Waals surface area contributed by atoms with E-state index in [0.29, 0.717) is 0 Å². The van der Waals surface area contributed by atoms with E-state index in [1.165, 1.54) is 64.7 Å². The lowest BCUT2D eigenvalue weighted by Crippen LogP contribution is -2.41. The fraction of sp³-hybridized carbons (Fsp3) is 1.00. The first-order valence-corrected chi connectivity index (χ1v) is 7.73. The van der Waals surface area contributed by atoms with Crippen LogP contribution in [-0.2, 0) is 0 Å². The van der Waals surface area contributed by atoms with E-state index in [1.807, 2.05) is 0 Å². The molecule has 0 aromatic rings. The van der Waals surface area contributed by atoms with Gasteiger partial charge in [0.15, 0.2) is 0 Å². The van der Waals surface area contributed by atoms with Crippen molar-refractivity contribution >= 4 is 0 Å². The molecule has 2 unspecified atom stereocenters. The minimum atomic E-state index is 0.786. The molecular weight excluding hydrogens is 208 g/mol. The van der Waals surface area contributed by atoms with Gasteiger partial charge in [-0.3, -0.25) is 0 Å². The molecule has 1 aliphatic rings.